The van der Waals surface area contributed by atoms with Crippen molar-refractivity contribution in [2.45, 2.75) is 38.0 Å². The van der Waals surface area contributed by atoms with E-state index in [0.717, 1.165) is 37.1 Å². The summed E-state index contributed by atoms with van der Waals surface area (Å²) in [5.74, 6) is -0.221. The summed E-state index contributed by atoms with van der Waals surface area (Å²) in [6.45, 7) is 1.72. The van der Waals surface area contributed by atoms with Crippen molar-refractivity contribution in [3.05, 3.63) is 53.6 Å². The number of aryl methyl sites for hydroxylation is 1. The second kappa shape index (κ2) is 6.58. The van der Waals surface area contributed by atoms with E-state index in [-0.39, 0.29) is 18.0 Å². The van der Waals surface area contributed by atoms with Gasteiger partial charge in [-0.2, -0.15) is 5.10 Å². The molecule has 2 heterocycles. The topological polar surface area (TPSA) is 41.3 Å². The minimum absolute atomic E-state index is 0.0238. The Bertz CT molecular complexity index is 628. The molecule has 0 unspecified atom stereocenters. The van der Waals surface area contributed by atoms with Gasteiger partial charge in [-0.1, -0.05) is 12.1 Å². The van der Waals surface area contributed by atoms with Crippen LogP contribution in [0.2, 0.25) is 0 Å². The van der Waals surface area contributed by atoms with Crippen LogP contribution in [0.5, 0.6) is 0 Å². The molecule has 1 fully saturated rings. The lowest BCUT2D eigenvalue weighted by molar-refractivity contribution is 0.00669. The second-order valence-corrected chi connectivity index (χ2v) is 6.10. The molecule has 1 aromatic heterocycles. The quantitative estimate of drug-likeness (QED) is 0.941. The van der Waals surface area contributed by atoms with Gasteiger partial charge >= 0.3 is 0 Å². The van der Waals surface area contributed by atoms with Crippen LogP contribution in [0.15, 0.2) is 36.7 Å². The molecule has 22 heavy (non-hydrogen) atoms. The summed E-state index contributed by atoms with van der Waals surface area (Å²) in [6.07, 6.45) is 5.96. The molecule has 1 aliphatic heterocycles. The minimum Gasteiger partial charge on any atom is -0.391 e. The summed E-state index contributed by atoms with van der Waals surface area (Å²) >= 11 is 0. The lowest BCUT2D eigenvalue weighted by Crippen LogP contribution is -2.48. The summed E-state index contributed by atoms with van der Waals surface area (Å²) < 4.78 is 15.2. The van der Waals surface area contributed by atoms with Crippen molar-refractivity contribution in [3.63, 3.8) is 0 Å². The molecule has 3 rings (SSSR count). The maximum atomic E-state index is 13.4. The summed E-state index contributed by atoms with van der Waals surface area (Å²) in [6, 6.07) is 6.69. The van der Waals surface area contributed by atoms with E-state index < -0.39 is 0 Å². The molecule has 2 aromatic rings. The third-order valence-corrected chi connectivity index (χ3v) is 4.34. The zero-order valence-electron chi connectivity index (χ0n) is 12.8. The van der Waals surface area contributed by atoms with E-state index in [1.165, 1.54) is 6.07 Å². The Morgan fingerprint density at radius 2 is 2.23 bits per heavy atom. The average molecular weight is 303 g/mol. The van der Waals surface area contributed by atoms with Gasteiger partial charge in [0.05, 0.1) is 12.3 Å². The molecule has 118 valence electrons. The SMILES string of the molecule is Cn1cc(CN2CCC[C@H](O)[C@@H]2Cc2cccc(F)c2)cn1. The Morgan fingerprint density at radius 3 is 2.95 bits per heavy atom. The number of rotatable bonds is 4. The fourth-order valence-corrected chi connectivity index (χ4v) is 3.26. The molecule has 2 atom stereocenters. The van der Waals surface area contributed by atoms with E-state index in [4.69, 9.17) is 0 Å². The summed E-state index contributed by atoms with van der Waals surface area (Å²) in [5.41, 5.74) is 2.07. The largest absolute Gasteiger partial charge is 0.391 e. The number of aromatic nitrogens is 2. The molecule has 1 aliphatic rings. The number of aliphatic hydroxyl groups is 1. The molecule has 4 nitrogen and oxygen atoms in total. The standard InChI is InChI=1S/C17H22FN3O/c1-20-11-14(10-19-20)12-21-7-3-6-17(22)16(21)9-13-4-2-5-15(18)8-13/h2,4-5,8,10-11,16-17,22H,3,6-7,9,12H2,1H3/t16-,17-/m0/s1. The first-order valence-electron chi connectivity index (χ1n) is 7.76. The first-order valence-corrected chi connectivity index (χ1v) is 7.76. The van der Waals surface area contributed by atoms with Crippen molar-refractivity contribution in [3.8, 4) is 0 Å². The molecule has 0 aliphatic carbocycles. The van der Waals surface area contributed by atoms with Gasteiger partial charge in [0, 0.05) is 31.4 Å². The normalized spacial score (nSPS) is 22.9. The first-order chi connectivity index (χ1) is 10.6. The maximum Gasteiger partial charge on any atom is 0.123 e. The van der Waals surface area contributed by atoms with Crippen LogP contribution in [0.3, 0.4) is 0 Å². The molecule has 1 aromatic carbocycles. The van der Waals surface area contributed by atoms with Gasteiger partial charge in [0.2, 0.25) is 0 Å². The van der Waals surface area contributed by atoms with Crippen LogP contribution in [0, 0.1) is 5.82 Å². The van der Waals surface area contributed by atoms with Crippen LogP contribution in [0.4, 0.5) is 4.39 Å². The predicted octanol–water partition coefficient (Wildman–Crippen LogP) is 2.13. The highest BCUT2D eigenvalue weighted by Gasteiger charge is 2.30. The minimum atomic E-state index is -0.367. The molecular formula is C17H22FN3O. The van der Waals surface area contributed by atoms with Crippen molar-refractivity contribution in [1.29, 1.82) is 0 Å². The van der Waals surface area contributed by atoms with Gasteiger partial charge in [0.1, 0.15) is 5.82 Å². The highest BCUT2D eigenvalue weighted by molar-refractivity contribution is 5.18. The number of likely N-dealkylation sites (tertiary alicyclic amines) is 1. The fraction of sp³-hybridized carbons (Fsp3) is 0.471. The highest BCUT2D eigenvalue weighted by atomic mass is 19.1. The van der Waals surface area contributed by atoms with Crippen molar-refractivity contribution in [2.75, 3.05) is 6.54 Å². The highest BCUT2D eigenvalue weighted by Crippen LogP contribution is 2.23. The van der Waals surface area contributed by atoms with E-state index in [9.17, 15) is 9.50 Å². The van der Waals surface area contributed by atoms with Crippen molar-refractivity contribution < 1.29 is 9.50 Å². The molecule has 1 saturated heterocycles. The number of hydrogen-bond donors (Lipinski definition) is 1. The van der Waals surface area contributed by atoms with Gasteiger partial charge in [-0.25, -0.2) is 4.39 Å². The van der Waals surface area contributed by atoms with E-state index >= 15 is 0 Å². The third-order valence-electron chi connectivity index (χ3n) is 4.34. The number of nitrogens with zero attached hydrogens (tertiary/aromatic N) is 3. The van der Waals surface area contributed by atoms with Crippen molar-refractivity contribution >= 4 is 0 Å². The zero-order valence-corrected chi connectivity index (χ0v) is 12.8. The number of aliphatic hydroxyl groups excluding tert-OH is 1. The summed E-state index contributed by atoms with van der Waals surface area (Å²) in [4.78, 5) is 2.29. The van der Waals surface area contributed by atoms with E-state index in [2.05, 4.69) is 10.00 Å². The molecular weight excluding hydrogens is 281 g/mol. The Morgan fingerprint density at radius 1 is 1.36 bits per heavy atom. The van der Waals surface area contributed by atoms with Crippen molar-refractivity contribution in [2.24, 2.45) is 7.05 Å². The maximum absolute atomic E-state index is 13.4. The summed E-state index contributed by atoms with van der Waals surface area (Å²) in [7, 11) is 1.90. The van der Waals surface area contributed by atoms with Gasteiger partial charge in [-0.05, 0) is 43.5 Å². The lowest BCUT2D eigenvalue weighted by Gasteiger charge is -2.39. The number of halogens is 1. The number of benzene rings is 1. The van der Waals surface area contributed by atoms with Crippen LogP contribution in [0.1, 0.15) is 24.0 Å². The predicted molar refractivity (Wildman–Crippen MR) is 82.8 cm³/mol. The van der Waals surface area contributed by atoms with Gasteiger partial charge in [-0.15, -0.1) is 0 Å². The fourth-order valence-electron chi connectivity index (χ4n) is 3.26. The van der Waals surface area contributed by atoms with Gasteiger partial charge in [-0.3, -0.25) is 9.58 Å². The van der Waals surface area contributed by atoms with Crippen LogP contribution >= 0.6 is 0 Å². The van der Waals surface area contributed by atoms with Crippen LogP contribution in [-0.4, -0.2) is 38.5 Å². The van der Waals surface area contributed by atoms with E-state index in [1.54, 1.807) is 16.8 Å². The molecule has 1 N–H and O–H groups in total. The Hall–Kier alpha value is -1.72. The molecule has 5 heteroatoms. The van der Waals surface area contributed by atoms with Crippen LogP contribution < -0.4 is 0 Å². The van der Waals surface area contributed by atoms with Crippen LogP contribution in [-0.2, 0) is 20.0 Å². The monoisotopic (exact) mass is 303 g/mol. The molecule has 0 bridgehead atoms. The van der Waals surface area contributed by atoms with E-state index in [0.29, 0.717) is 6.42 Å². The molecule has 0 saturated carbocycles. The lowest BCUT2D eigenvalue weighted by atomic mass is 9.92. The van der Waals surface area contributed by atoms with Gasteiger partial charge in [0.15, 0.2) is 0 Å². The smallest absolute Gasteiger partial charge is 0.123 e. The van der Waals surface area contributed by atoms with Crippen LogP contribution in [0.25, 0.3) is 0 Å². The third kappa shape index (κ3) is 3.54. The van der Waals surface area contributed by atoms with Gasteiger partial charge in [0.25, 0.3) is 0 Å². The van der Waals surface area contributed by atoms with E-state index in [1.807, 2.05) is 25.5 Å². The summed E-state index contributed by atoms with van der Waals surface area (Å²) in [5, 5.41) is 14.6. The second-order valence-electron chi connectivity index (χ2n) is 6.10. The molecule has 0 amide bonds. The Balaban J connectivity index is 1.75. The number of hydrogen-bond acceptors (Lipinski definition) is 3. The Kier molecular flexibility index (Phi) is 4.55. The number of piperidine rings is 1. The zero-order chi connectivity index (χ0) is 15.5. The van der Waals surface area contributed by atoms with Crippen molar-refractivity contribution in [1.82, 2.24) is 14.7 Å². The first kappa shape index (κ1) is 15.2. The Labute approximate surface area is 130 Å². The molecule has 0 radical (unpaired) electrons. The van der Waals surface area contributed by atoms with Gasteiger partial charge < -0.3 is 5.11 Å². The average Bonchev–Trinajstić information content (AvgIpc) is 2.88. The molecule has 0 spiro atoms.